The van der Waals surface area contributed by atoms with Crippen LogP contribution in [0.15, 0.2) is 72.8 Å². The molecule has 7 heteroatoms. The quantitative estimate of drug-likeness (QED) is 0.467. The second-order valence-corrected chi connectivity index (χ2v) is 7.19. The number of rotatable bonds is 7. The van der Waals surface area contributed by atoms with Gasteiger partial charge in [0.05, 0.1) is 11.0 Å². The number of carbonyl (C=O) groups is 1. The molecule has 30 heavy (non-hydrogen) atoms. The zero-order valence-electron chi connectivity index (χ0n) is 16.0. The van der Waals surface area contributed by atoms with Crippen LogP contribution in [-0.2, 0) is 24.5 Å². The zero-order valence-corrected chi connectivity index (χ0v) is 16.8. The Morgan fingerprint density at radius 1 is 1.03 bits per heavy atom. The van der Waals surface area contributed by atoms with Crippen LogP contribution in [0.3, 0.4) is 0 Å². The van der Waals surface area contributed by atoms with Gasteiger partial charge in [0.1, 0.15) is 30.5 Å². The van der Waals surface area contributed by atoms with Crippen LogP contribution in [-0.4, -0.2) is 15.5 Å². The first-order chi connectivity index (χ1) is 14.6. The second-order valence-electron chi connectivity index (χ2n) is 6.75. The van der Waals surface area contributed by atoms with E-state index in [0.717, 1.165) is 16.6 Å². The zero-order chi connectivity index (χ0) is 20.9. The first kappa shape index (κ1) is 19.9. The molecule has 0 aliphatic heterocycles. The van der Waals surface area contributed by atoms with Gasteiger partial charge in [-0.2, -0.15) is 0 Å². The van der Waals surface area contributed by atoms with Crippen molar-refractivity contribution < 1.29 is 13.9 Å². The first-order valence-electron chi connectivity index (χ1n) is 9.42. The average molecular weight is 424 g/mol. The summed E-state index contributed by atoms with van der Waals surface area (Å²) in [5, 5.41) is 3.50. The largest absolute Gasteiger partial charge is 0.486 e. The highest BCUT2D eigenvalue weighted by Crippen LogP contribution is 2.20. The lowest BCUT2D eigenvalue weighted by Gasteiger charge is -2.11. The molecule has 1 N–H and O–H groups in total. The van der Waals surface area contributed by atoms with Gasteiger partial charge in [-0.1, -0.05) is 35.9 Å². The van der Waals surface area contributed by atoms with Crippen molar-refractivity contribution in [1.29, 1.82) is 0 Å². The van der Waals surface area contributed by atoms with Gasteiger partial charge in [-0.3, -0.25) is 4.79 Å². The predicted octanol–water partition coefficient (Wildman–Crippen LogP) is 4.72. The van der Waals surface area contributed by atoms with Crippen molar-refractivity contribution >= 4 is 28.5 Å². The van der Waals surface area contributed by atoms with Gasteiger partial charge in [-0.05, 0) is 54.1 Å². The smallest absolute Gasteiger partial charge is 0.240 e. The highest BCUT2D eigenvalue weighted by molar-refractivity contribution is 6.30. The lowest BCUT2D eigenvalue weighted by atomic mass is 10.2. The predicted molar refractivity (Wildman–Crippen MR) is 114 cm³/mol. The number of fused-ring (bicyclic) bond motifs is 1. The summed E-state index contributed by atoms with van der Waals surface area (Å²) >= 11 is 5.91. The Bertz CT molecular complexity index is 1160. The number of hydrogen-bond donors (Lipinski definition) is 1. The van der Waals surface area contributed by atoms with Crippen molar-refractivity contribution in [2.45, 2.75) is 19.7 Å². The molecule has 1 heterocycles. The highest BCUT2D eigenvalue weighted by atomic mass is 35.5. The van der Waals surface area contributed by atoms with E-state index >= 15 is 0 Å². The van der Waals surface area contributed by atoms with Crippen molar-refractivity contribution in [2.24, 2.45) is 0 Å². The van der Waals surface area contributed by atoms with Crippen molar-refractivity contribution in [3.63, 3.8) is 0 Å². The number of amides is 1. The summed E-state index contributed by atoms with van der Waals surface area (Å²) in [6, 6.07) is 20.7. The number of ether oxygens (including phenoxy) is 1. The summed E-state index contributed by atoms with van der Waals surface area (Å²) in [6.07, 6.45) is 0. The Labute approximate surface area is 178 Å². The van der Waals surface area contributed by atoms with Gasteiger partial charge < -0.3 is 14.6 Å². The summed E-state index contributed by atoms with van der Waals surface area (Å²) in [5.41, 5.74) is 2.47. The molecule has 0 bridgehead atoms. The fourth-order valence-electron chi connectivity index (χ4n) is 3.09. The minimum Gasteiger partial charge on any atom is -0.486 e. The van der Waals surface area contributed by atoms with Crippen LogP contribution in [0.1, 0.15) is 11.4 Å². The van der Waals surface area contributed by atoms with Gasteiger partial charge in [0.25, 0.3) is 0 Å². The van der Waals surface area contributed by atoms with Crippen LogP contribution in [0.4, 0.5) is 4.39 Å². The van der Waals surface area contributed by atoms with Crippen molar-refractivity contribution in [1.82, 2.24) is 14.9 Å². The third kappa shape index (κ3) is 4.78. The number of nitrogens with zero attached hydrogens (tertiary/aromatic N) is 2. The molecule has 0 aliphatic carbocycles. The van der Waals surface area contributed by atoms with Gasteiger partial charge in [0.2, 0.25) is 5.91 Å². The molecule has 0 saturated carbocycles. The standard InChI is InChI=1S/C23H19ClFN3O2/c24-17-7-11-19(12-8-17)30-15-22-27-20-3-1-2-4-21(20)28(22)14-23(29)26-13-16-5-9-18(25)10-6-16/h1-12H,13-15H2,(H,26,29). The third-order valence-corrected chi connectivity index (χ3v) is 4.87. The van der Waals surface area contributed by atoms with Crippen LogP contribution in [0.25, 0.3) is 11.0 Å². The number of halogens is 2. The molecule has 1 amide bonds. The number of carbonyl (C=O) groups excluding carboxylic acids is 1. The van der Waals surface area contributed by atoms with Crippen LogP contribution in [0.2, 0.25) is 5.02 Å². The normalized spacial score (nSPS) is 10.9. The number of nitrogens with one attached hydrogen (secondary N) is 1. The molecular weight excluding hydrogens is 405 g/mol. The van der Waals surface area contributed by atoms with E-state index in [1.165, 1.54) is 12.1 Å². The molecule has 1 aromatic heterocycles. The maximum Gasteiger partial charge on any atom is 0.240 e. The number of aromatic nitrogens is 2. The molecule has 0 fully saturated rings. The van der Waals surface area contributed by atoms with Crippen molar-refractivity contribution in [3.8, 4) is 5.75 Å². The number of para-hydroxylation sites is 2. The molecule has 0 unspecified atom stereocenters. The van der Waals surface area contributed by atoms with Crippen LogP contribution >= 0.6 is 11.6 Å². The van der Waals surface area contributed by atoms with E-state index in [-0.39, 0.29) is 24.9 Å². The molecule has 152 valence electrons. The molecule has 4 rings (SSSR count). The van der Waals surface area contributed by atoms with Gasteiger partial charge in [-0.15, -0.1) is 0 Å². The summed E-state index contributed by atoms with van der Waals surface area (Å²) in [5.74, 6) is 0.831. The molecule has 0 atom stereocenters. The number of hydrogen-bond acceptors (Lipinski definition) is 3. The molecule has 0 saturated heterocycles. The lowest BCUT2D eigenvalue weighted by molar-refractivity contribution is -0.121. The lowest BCUT2D eigenvalue weighted by Crippen LogP contribution is -2.28. The Kier molecular flexibility index (Phi) is 5.95. The molecule has 0 spiro atoms. The van der Waals surface area contributed by atoms with E-state index in [2.05, 4.69) is 10.3 Å². The Morgan fingerprint density at radius 3 is 2.53 bits per heavy atom. The SMILES string of the molecule is O=C(Cn1c(COc2ccc(Cl)cc2)nc2ccccc21)NCc1ccc(F)cc1. The molecule has 0 aliphatic rings. The Morgan fingerprint density at radius 2 is 1.77 bits per heavy atom. The summed E-state index contributed by atoms with van der Waals surface area (Å²) in [7, 11) is 0. The van der Waals surface area contributed by atoms with Crippen molar-refractivity contribution in [2.75, 3.05) is 0 Å². The van der Waals surface area contributed by atoms with Gasteiger partial charge >= 0.3 is 0 Å². The summed E-state index contributed by atoms with van der Waals surface area (Å²) in [4.78, 5) is 17.2. The number of imidazole rings is 1. The summed E-state index contributed by atoms with van der Waals surface area (Å²) < 4.78 is 20.7. The third-order valence-electron chi connectivity index (χ3n) is 4.62. The second kappa shape index (κ2) is 8.97. The van der Waals surface area contributed by atoms with Crippen LogP contribution < -0.4 is 10.1 Å². The molecule has 3 aromatic carbocycles. The Hall–Kier alpha value is -3.38. The van der Waals surface area contributed by atoms with E-state index in [1.807, 2.05) is 28.8 Å². The molecule has 0 radical (unpaired) electrons. The fourth-order valence-corrected chi connectivity index (χ4v) is 3.22. The van der Waals surface area contributed by atoms with Crippen LogP contribution in [0, 0.1) is 5.82 Å². The number of benzene rings is 3. The van der Waals surface area contributed by atoms with E-state index in [0.29, 0.717) is 23.1 Å². The van der Waals surface area contributed by atoms with Gasteiger partial charge in [0, 0.05) is 11.6 Å². The van der Waals surface area contributed by atoms with E-state index in [4.69, 9.17) is 16.3 Å². The minimum atomic E-state index is -0.305. The average Bonchev–Trinajstić information content (AvgIpc) is 3.10. The van der Waals surface area contributed by atoms with Gasteiger partial charge in [-0.25, -0.2) is 9.37 Å². The Balaban J connectivity index is 1.48. The highest BCUT2D eigenvalue weighted by Gasteiger charge is 2.14. The van der Waals surface area contributed by atoms with Crippen molar-refractivity contribution in [3.05, 3.63) is 95.0 Å². The van der Waals surface area contributed by atoms with Crippen LogP contribution in [0.5, 0.6) is 5.75 Å². The maximum absolute atomic E-state index is 13.0. The topological polar surface area (TPSA) is 56.2 Å². The minimum absolute atomic E-state index is 0.0982. The maximum atomic E-state index is 13.0. The molecule has 4 aromatic rings. The van der Waals surface area contributed by atoms with E-state index < -0.39 is 0 Å². The monoisotopic (exact) mass is 423 g/mol. The van der Waals surface area contributed by atoms with Gasteiger partial charge in [0.15, 0.2) is 0 Å². The summed E-state index contributed by atoms with van der Waals surface area (Å²) in [6.45, 7) is 0.630. The van der Waals surface area contributed by atoms with E-state index in [1.54, 1.807) is 36.4 Å². The van der Waals surface area contributed by atoms with E-state index in [9.17, 15) is 9.18 Å². The molecule has 5 nitrogen and oxygen atoms in total. The fraction of sp³-hybridized carbons (Fsp3) is 0.130. The first-order valence-corrected chi connectivity index (χ1v) is 9.80. The molecular formula is C23H19ClFN3O2.